The Bertz CT molecular complexity index is 3900. The Balaban J connectivity index is 1.06. The number of hydrogen-bond acceptors (Lipinski definition) is 7. The third-order valence-electron chi connectivity index (χ3n) is 13.2. The Morgan fingerprint density at radius 3 is 0.959 bits per heavy atom. The highest BCUT2D eigenvalue weighted by Crippen LogP contribution is 2.41. The lowest BCUT2D eigenvalue weighted by Gasteiger charge is -2.17. The molecule has 342 valence electrons. The van der Waals surface area contributed by atoms with E-state index in [0.717, 1.165) is 94.3 Å². The first kappa shape index (κ1) is 43.0. The van der Waals surface area contributed by atoms with Crippen LogP contribution in [0.4, 0.5) is 0 Å². The van der Waals surface area contributed by atoms with E-state index in [1.165, 1.54) is 0 Å². The van der Waals surface area contributed by atoms with Gasteiger partial charge in [0.2, 0.25) is 0 Å². The first-order valence-electron chi connectivity index (χ1n) is 24.2. The molecule has 0 aliphatic rings. The fourth-order valence-electron chi connectivity index (χ4n) is 9.59. The van der Waals surface area contributed by atoms with Gasteiger partial charge in [-0.3, -0.25) is 4.98 Å². The van der Waals surface area contributed by atoms with Gasteiger partial charge in [0.05, 0.1) is 16.7 Å². The smallest absolute Gasteiger partial charge is 0.165 e. The molecule has 73 heavy (non-hydrogen) atoms. The highest BCUT2D eigenvalue weighted by Gasteiger charge is 2.22. The zero-order valence-electron chi connectivity index (χ0n) is 39.3. The van der Waals surface area contributed by atoms with Crippen molar-refractivity contribution in [3.63, 3.8) is 0 Å². The molecular formula is C65H42N8. The van der Waals surface area contributed by atoms with Crippen molar-refractivity contribution >= 4 is 21.8 Å². The molecule has 0 radical (unpaired) electrons. The Labute approximate surface area is 421 Å². The number of hydrogen-bond donors (Lipinski definition) is 0. The highest BCUT2D eigenvalue weighted by molar-refractivity contribution is 6.12. The summed E-state index contributed by atoms with van der Waals surface area (Å²) in [5.74, 6) is 3.38. The van der Waals surface area contributed by atoms with Gasteiger partial charge in [0.15, 0.2) is 34.9 Å². The zero-order chi connectivity index (χ0) is 48.5. The first-order valence-corrected chi connectivity index (χ1v) is 24.2. The maximum atomic E-state index is 5.17. The van der Waals surface area contributed by atoms with E-state index < -0.39 is 0 Å². The summed E-state index contributed by atoms with van der Waals surface area (Å²) < 4.78 is 2.38. The van der Waals surface area contributed by atoms with Gasteiger partial charge in [-0.15, -0.1) is 0 Å². The van der Waals surface area contributed by atoms with Crippen molar-refractivity contribution in [1.29, 1.82) is 0 Å². The minimum Gasteiger partial charge on any atom is -0.309 e. The van der Waals surface area contributed by atoms with Gasteiger partial charge < -0.3 is 4.57 Å². The van der Waals surface area contributed by atoms with Crippen LogP contribution in [0.25, 0.3) is 129 Å². The summed E-state index contributed by atoms with van der Waals surface area (Å²) in [6.07, 6.45) is 3.74. The number of rotatable bonds is 10. The molecule has 0 spiro atoms. The lowest BCUT2D eigenvalue weighted by Crippen LogP contribution is -2.02. The predicted octanol–water partition coefficient (Wildman–Crippen LogP) is 15.6. The van der Waals surface area contributed by atoms with E-state index in [1.54, 1.807) is 0 Å². The monoisotopic (exact) mass is 934 g/mol. The summed E-state index contributed by atoms with van der Waals surface area (Å²) in [5, 5.41) is 2.28. The topological polar surface area (TPSA) is 95.2 Å². The molecule has 9 aromatic carbocycles. The molecule has 0 aliphatic heterocycles. The Hall–Kier alpha value is -10.1. The lowest BCUT2D eigenvalue weighted by molar-refractivity contribution is 1.07. The minimum absolute atomic E-state index is 0.510. The van der Waals surface area contributed by atoms with Crippen molar-refractivity contribution in [3.8, 4) is 107 Å². The van der Waals surface area contributed by atoms with E-state index in [4.69, 9.17) is 34.9 Å². The van der Waals surface area contributed by atoms with Crippen LogP contribution >= 0.6 is 0 Å². The quantitative estimate of drug-likeness (QED) is 0.135. The Kier molecular flexibility index (Phi) is 11.0. The number of fused-ring (bicyclic) bond motifs is 3. The van der Waals surface area contributed by atoms with Gasteiger partial charge in [0.25, 0.3) is 0 Å². The molecular weight excluding hydrogens is 893 g/mol. The summed E-state index contributed by atoms with van der Waals surface area (Å²) in [6, 6.07) is 83.5. The molecule has 0 saturated heterocycles. The average molecular weight is 935 g/mol. The summed E-state index contributed by atoms with van der Waals surface area (Å²) in [7, 11) is 0. The minimum atomic E-state index is 0.510. The fourth-order valence-corrected chi connectivity index (χ4v) is 9.59. The second-order valence-electron chi connectivity index (χ2n) is 17.8. The molecule has 4 heterocycles. The summed E-state index contributed by atoms with van der Waals surface area (Å²) in [4.78, 5) is 35.5. The van der Waals surface area contributed by atoms with E-state index in [2.05, 4.69) is 126 Å². The van der Waals surface area contributed by atoms with E-state index in [0.29, 0.717) is 34.9 Å². The maximum Gasteiger partial charge on any atom is 0.165 e. The van der Waals surface area contributed by atoms with Crippen molar-refractivity contribution in [2.24, 2.45) is 0 Å². The third-order valence-corrected chi connectivity index (χ3v) is 13.2. The van der Waals surface area contributed by atoms with Crippen molar-refractivity contribution in [3.05, 3.63) is 255 Å². The van der Waals surface area contributed by atoms with Crippen LogP contribution in [0.2, 0.25) is 0 Å². The van der Waals surface area contributed by atoms with Crippen molar-refractivity contribution in [1.82, 2.24) is 39.5 Å². The van der Waals surface area contributed by atoms with E-state index in [1.807, 2.05) is 134 Å². The molecule has 0 bridgehead atoms. The SMILES string of the molecule is c1ccc(-c2ccc3c(c2)c2cc(-c4ccccc4)ccc2n3-c2ccc(-c3nc(-c4ccccc4)nc(-c4ccccc4)n3)cc2-c2cncc(-c3nc(-c4ccccc4)nc(-c4ccccc4)n3)c2)cc1. The normalized spacial score (nSPS) is 11.3. The number of benzene rings is 9. The molecule has 13 rings (SSSR count). The van der Waals surface area contributed by atoms with Gasteiger partial charge in [-0.05, 0) is 70.8 Å². The molecule has 0 amide bonds. The van der Waals surface area contributed by atoms with Crippen molar-refractivity contribution < 1.29 is 0 Å². The second kappa shape index (κ2) is 18.7. The van der Waals surface area contributed by atoms with Gasteiger partial charge in [-0.2, -0.15) is 0 Å². The van der Waals surface area contributed by atoms with Gasteiger partial charge in [0, 0.05) is 67.7 Å². The lowest BCUT2D eigenvalue weighted by atomic mass is 9.99. The van der Waals surface area contributed by atoms with Gasteiger partial charge in [-0.25, -0.2) is 29.9 Å². The number of aromatic nitrogens is 8. The molecule has 8 nitrogen and oxygen atoms in total. The van der Waals surface area contributed by atoms with Gasteiger partial charge in [-0.1, -0.05) is 194 Å². The average Bonchev–Trinajstić information content (AvgIpc) is 3.81. The molecule has 0 N–H and O–H groups in total. The number of pyridine rings is 1. The van der Waals surface area contributed by atoms with Crippen LogP contribution in [0.3, 0.4) is 0 Å². The Morgan fingerprint density at radius 2 is 0.562 bits per heavy atom. The molecule has 0 saturated carbocycles. The molecule has 0 aliphatic carbocycles. The fraction of sp³-hybridized carbons (Fsp3) is 0. The largest absolute Gasteiger partial charge is 0.309 e. The van der Waals surface area contributed by atoms with Crippen LogP contribution in [0.15, 0.2) is 255 Å². The predicted molar refractivity (Wildman–Crippen MR) is 294 cm³/mol. The molecule has 0 atom stereocenters. The molecule has 0 fully saturated rings. The molecule has 0 unspecified atom stereocenters. The van der Waals surface area contributed by atoms with Crippen molar-refractivity contribution in [2.45, 2.75) is 0 Å². The van der Waals surface area contributed by atoms with Crippen LogP contribution in [-0.2, 0) is 0 Å². The zero-order valence-corrected chi connectivity index (χ0v) is 39.3. The molecule has 8 heteroatoms. The van der Waals surface area contributed by atoms with E-state index in [9.17, 15) is 0 Å². The Morgan fingerprint density at radius 1 is 0.233 bits per heavy atom. The van der Waals surface area contributed by atoms with Crippen molar-refractivity contribution in [2.75, 3.05) is 0 Å². The summed E-state index contributed by atoms with van der Waals surface area (Å²) in [5.41, 5.74) is 14.6. The number of nitrogens with zero attached hydrogens (tertiary/aromatic N) is 8. The molecule has 13 aromatic rings. The summed E-state index contributed by atoms with van der Waals surface area (Å²) >= 11 is 0. The van der Waals surface area contributed by atoms with Gasteiger partial charge in [0.1, 0.15) is 0 Å². The second-order valence-corrected chi connectivity index (χ2v) is 17.8. The van der Waals surface area contributed by atoms with Crippen LogP contribution in [-0.4, -0.2) is 39.5 Å². The third kappa shape index (κ3) is 8.39. The van der Waals surface area contributed by atoms with Crippen LogP contribution in [0.1, 0.15) is 0 Å². The highest BCUT2D eigenvalue weighted by atomic mass is 15.0. The van der Waals surface area contributed by atoms with E-state index in [-0.39, 0.29) is 0 Å². The summed E-state index contributed by atoms with van der Waals surface area (Å²) in [6.45, 7) is 0. The standard InChI is InChI=1S/C65H42N8/c1-7-19-43(20-8-1)49-31-34-58-55(38-49)56-39-50(44-21-9-2-10-22-44)32-35-59(56)73(58)57-36-33-51(64-69-60(45-23-11-3-12-24-45)67-61(70-64)46-25-13-4-14-26-46)40-54(57)52-37-53(42-66-41-52)65-71-62(47-27-15-5-16-28-47)68-63(72-65)48-29-17-6-18-30-48/h1-42H. The maximum absolute atomic E-state index is 5.17. The van der Waals surface area contributed by atoms with Crippen LogP contribution in [0.5, 0.6) is 0 Å². The molecule has 4 aromatic heterocycles. The van der Waals surface area contributed by atoms with Crippen LogP contribution < -0.4 is 0 Å². The van der Waals surface area contributed by atoms with E-state index >= 15 is 0 Å². The first-order chi connectivity index (χ1) is 36.2. The van der Waals surface area contributed by atoms with Crippen LogP contribution in [0, 0.1) is 0 Å². The van der Waals surface area contributed by atoms with Gasteiger partial charge >= 0.3 is 0 Å².